The lowest BCUT2D eigenvalue weighted by Crippen LogP contribution is -2.28. The molecule has 0 fully saturated rings. The second-order valence-electron chi connectivity index (χ2n) is 4.62. The second kappa shape index (κ2) is 7.43. The van der Waals surface area contributed by atoms with Gasteiger partial charge in [-0.25, -0.2) is 0 Å². The van der Waals surface area contributed by atoms with Gasteiger partial charge in [0.25, 0.3) is 0 Å². The number of aliphatic hydroxyl groups is 1. The van der Waals surface area contributed by atoms with E-state index >= 15 is 0 Å². The van der Waals surface area contributed by atoms with Crippen LogP contribution < -0.4 is 10.1 Å². The molecule has 0 spiro atoms. The van der Waals surface area contributed by atoms with Crippen LogP contribution in [-0.4, -0.2) is 34.6 Å². The van der Waals surface area contributed by atoms with Gasteiger partial charge in [-0.05, 0) is 24.3 Å². The zero-order valence-electron chi connectivity index (χ0n) is 11.9. The summed E-state index contributed by atoms with van der Waals surface area (Å²) < 4.78 is 7.27. The Balaban J connectivity index is 1.76. The lowest BCUT2D eigenvalue weighted by molar-refractivity contribution is 0.232. The summed E-state index contributed by atoms with van der Waals surface area (Å²) >= 11 is 0. The molecule has 1 aromatic heterocycles. The third-order valence-electron chi connectivity index (χ3n) is 3.05. The maximum atomic E-state index is 9.39. The van der Waals surface area contributed by atoms with E-state index in [0.717, 1.165) is 11.3 Å². The van der Waals surface area contributed by atoms with Crippen LogP contribution >= 0.6 is 0 Å². The number of aryl methyl sites for hydroxylation is 1. The molecule has 0 saturated carbocycles. The highest BCUT2D eigenvalue weighted by atomic mass is 16.5. The minimum absolute atomic E-state index is 0.00254. The molecule has 0 aliphatic rings. The van der Waals surface area contributed by atoms with Crippen LogP contribution in [0.4, 0.5) is 0 Å². The highest BCUT2D eigenvalue weighted by Gasteiger charge is 2.11. The molecule has 1 atom stereocenters. The molecule has 6 heteroatoms. The number of benzene rings is 1. The lowest BCUT2D eigenvalue weighted by atomic mass is 10.2. The van der Waals surface area contributed by atoms with E-state index in [4.69, 9.17) is 10.00 Å². The molecule has 2 aromatic rings. The Kier molecular flexibility index (Phi) is 5.32. The number of nitriles is 1. The van der Waals surface area contributed by atoms with Crippen molar-refractivity contribution in [1.29, 1.82) is 5.26 Å². The zero-order valence-corrected chi connectivity index (χ0v) is 11.9. The molecular formula is C15H18N4O2. The minimum atomic E-state index is -0.150. The molecule has 0 radical (unpaired) electrons. The first kappa shape index (κ1) is 15.0. The zero-order chi connectivity index (χ0) is 15.1. The van der Waals surface area contributed by atoms with E-state index in [0.29, 0.717) is 18.7 Å². The van der Waals surface area contributed by atoms with Gasteiger partial charge in [-0.1, -0.05) is 0 Å². The normalized spacial score (nSPS) is 11.9. The van der Waals surface area contributed by atoms with Gasteiger partial charge in [0.1, 0.15) is 12.4 Å². The maximum absolute atomic E-state index is 9.39. The van der Waals surface area contributed by atoms with Crippen molar-refractivity contribution in [3.8, 4) is 11.8 Å². The quantitative estimate of drug-likeness (QED) is 0.742. The number of nitrogens with zero attached hydrogens (tertiary/aromatic N) is 3. The molecule has 0 saturated heterocycles. The summed E-state index contributed by atoms with van der Waals surface area (Å²) in [6, 6.07) is 8.88. The van der Waals surface area contributed by atoms with Crippen LogP contribution in [0.25, 0.3) is 0 Å². The largest absolute Gasteiger partial charge is 0.492 e. The Morgan fingerprint density at radius 2 is 2.19 bits per heavy atom. The van der Waals surface area contributed by atoms with Crippen molar-refractivity contribution in [3.63, 3.8) is 0 Å². The van der Waals surface area contributed by atoms with Crippen molar-refractivity contribution < 1.29 is 9.84 Å². The van der Waals surface area contributed by atoms with Crippen molar-refractivity contribution in [2.75, 3.05) is 19.8 Å². The monoisotopic (exact) mass is 286 g/mol. The summed E-state index contributed by atoms with van der Waals surface area (Å²) in [5, 5.41) is 25.4. The van der Waals surface area contributed by atoms with E-state index in [2.05, 4.69) is 16.5 Å². The maximum Gasteiger partial charge on any atom is 0.119 e. The Morgan fingerprint density at radius 1 is 1.43 bits per heavy atom. The third kappa shape index (κ3) is 4.31. The molecule has 6 nitrogen and oxygen atoms in total. The number of hydrogen-bond acceptors (Lipinski definition) is 5. The van der Waals surface area contributed by atoms with E-state index in [1.165, 1.54) is 0 Å². The van der Waals surface area contributed by atoms with Crippen molar-refractivity contribution in [2.45, 2.75) is 6.04 Å². The predicted octanol–water partition coefficient (Wildman–Crippen LogP) is 0.994. The van der Waals surface area contributed by atoms with E-state index in [9.17, 15) is 5.11 Å². The molecule has 1 unspecified atom stereocenters. The SMILES string of the molecule is Cn1cc(C(CO)NCCOc2ccc(C#N)cc2)cn1. The molecule has 21 heavy (non-hydrogen) atoms. The van der Waals surface area contributed by atoms with Gasteiger partial charge in [0.2, 0.25) is 0 Å². The number of rotatable bonds is 7. The fourth-order valence-electron chi connectivity index (χ4n) is 1.94. The number of aromatic nitrogens is 2. The molecule has 0 bridgehead atoms. The summed E-state index contributed by atoms with van der Waals surface area (Å²) in [5.41, 5.74) is 1.55. The first-order chi connectivity index (χ1) is 10.2. The van der Waals surface area contributed by atoms with Gasteiger partial charge in [0.15, 0.2) is 0 Å². The fourth-order valence-corrected chi connectivity index (χ4v) is 1.94. The van der Waals surface area contributed by atoms with Crippen LogP contribution in [0, 0.1) is 11.3 Å². The first-order valence-electron chi connectivity index (χ1n) is 6.68. The molecule has 0 aliphatic carbocycles. The van der Waals surface area contributed by atoms with Crippen LogP contribution in [0.5, 0.6) is 5.75 Å². The minimum Gasteiger partial charge on any atom is -0.492 e. The van der Waals surface area contributed by atoms with Crippen LogP contribution in [0.15, 0.2) is 36.7 Å². The van der Waals surface area contributed by atoms with Crippen LogP contribution in [0.2, 0.25) is 0 Å². The van der Waals surface area contributed by atoms with Crippen molar-refractivity contribution >= 4 is 0 Å². The lowest BCUT2D eigenvalue weighted by Gasteiger charge is -2.15. The number of hydrogen-bond donors (Lipinski definition) is 2. The van der Waals surface area contributed by atoms with Crippen LogP contribution in [-0.2, 0) is 7.05 Å². The smallest absolute Gasteiger partial charge is 0.119 e. The molecule has 1 heterocycles. The Morgan fingerprint density at radius 3 is 2.76 bits per heavy atom. The Hall–Kier alpha value is -2.36. The average Bonchev–Trinajstić information content (AvgIpc) is 2.94. The summed E-state index contributed by atoms with van der Waals surface area (Å²) in [6.45, 7) is 1.07. The van der Waals surface area contributed by atoms with Gasteiger partial charge in [-0.3, -0.25) is 4.68 Å². The molecule has 110 valence electrons. The number of nitrogens with one attached hydrogen (secondary N) is 1. The Labute approximate surface area is 123 Å². The molecule has 0 amide bonds. The van der Waals surface area contributed by atoms with Crippen molar-refractivity contribution in [3.05, 3.63) is 47.8 Å². The van der Waals surface area contributed by atoms with E-state index < -0.39 is 0 Å². The molecular weight excluding hydrogens is 268 g/mol. The van der Waals surface area contributed by atoms with Gasteiger partial charge in [-0.15, -0.1) is 0 Å². The highest BCUT2D eigenvalue weighted by molar-refractivity contribution is 5.34. The average molecular weight is 286 g/mol. The number of aliphatic hydroxyl groups excluding tert-OH is 1. The molecule has 1 aromatic carbocycles. The molecule has 0 aliphatic heterocycles. The Bertz CT molecular complexity index is 601. The standard InChI is InChI=1S/C15H18N4O2/c1-19-10-13(9-18-19)15(11-20)17-6-7-21-14-4-2-12(8-16)3-5-14/h2-5,9-10,15,17,20H,6-7,11H2,1H3. The first-order valence-corrected chi connectivity index (χ1v) is 6.68. The van der Waals surface area contributed by atoms with Crippen molar-refractivity contribution in [1.82, 2.24) is 15.1 Å². The van der Waals surface area contributed by atoms with Gasteiger partial charge in [0.05, 0.1) is 30.5 Å². The molecule has 2 rings (SSSR count). The van der Waals surface area contributed by atoms with E-state index in [1.54, 1.807) is 35.1 Å². The van der Waals surface area contributed by atoms with Crippen molar-refractivity contribution in [2.24, 2.45) is 7.05 Å². The van der Waals surface area contributed by atoms with Crippen LogP contribution in [0.3, 0.4) is 0 Å². The van der Waals surface area contributed by atoms with Crippen LogP contribution in [0.1, 0.15) is 17.2 Å². The van der Waals surface area contributed by atoms with E-state index in [-0.39, 0.29) is 12.6 Å². The summed E-state index contributed by atoms with van der Waals surface area (Å²) in [6.07, 6.45) is 3.60. The topological polar surface area (TPSA) is 83.1 Å². The fraction of sp³-hybridized carbons (Fsp3) is 0.333. The number of ether oxygens (including phenoxy) is 1. The highest BCUT2D eigenvalue weighted by Crippen LogP contribution is 2.12. The molecule has 2 N–H and O–H groups in total. The van der Waals surface area contributed by atoms with Gasteiger partial charge in [0, 0.05) is 25.4 Å². The van der Waals surface area contributed by atoms with Gasteiger partial charge < -0.3 is 15.2 Å². The second-order valence-corrected chi connectivity index (χ2v) is 4.62. The summed E-state index contributed by atoms with van der Waals surface area (Å²) in [4.78, 5) is 0. The summed E-state index contributed by atoms with van der Waals surface area (Å²) in [5.74, 6) is 0.720. The predicted molar refractivity (Wildman–Crippen MR) is 77.7 cm³/mol. The summed E-state index contributed by atoms with van der Waals surface area (Å²) in [7, 11) is 1.84. The van der Waals surface area contributed by atoms with Gasteiger partial charge >= 0.3 is 0 Å². The third-order valence-corrected chi connectivity index (χ3v) is 3.05. The van der Waals surface area contributed by atoms with E-state index in [1.807, 2.05) is 13.2 Å². The van der Waals surface area contributed by atoms with Gasteiger partial charge in [-0.2, -0.15) is 10.4 Å².